The number of benzene rings is 2. The van der Waals surface area contributed by atoms with Gasteiger partial charge in [0, 0.05) is 17.6 Å². The lowest BCUT2D eigenvalue weighted by atomic mass is 9.65. The van der Waals surface area contributed by atoms with Crippen molar-refractivity contribution in [1.29, 1.82) is 0 Å². The van der Waals surface area contributed by atoms with Crippen molar-refractivity contribution in [3.05, 3.63) is 70.8 Å². The molecular weight excluding hydrogens is 332 g/mol. The van der Waals surface area contributed by atoms with Gasteiger partial charge in [-0.1, -0.05) is 48.5 Å². The van der Waals surface area contributed by atoms with Gasteiger partial charge in [0.15, 0.2) is 0 Å². The van der Waals surface area contributed by atoms with Gasteiger partial charge in [-0.05, 0) is 69.2 Å². The smallest absolute Gasteiger partial charge is 0.252 e. The number of carbonyl (C=O) groups excluding carboxylic acids is 1. The Balaban J connectivity index is 1.72. The van der Waals surface area contributed by atoms with Crippen LogP contribution in [0.4, 0.5) is 0 Å². The van der Waals surface area contributed by atoms with E-state index < -0.39 is 0 Å². The summed E-state index contributed by atoms with van der Waals surface area (Å²) in [4.78, 5) is 15.9. The fourth-order valence-corrected chi connectivity index (χ4v) is 5.37. The zero-order valence-electron chi connectivity index (χ0n) is 16.7. The van der Waals surface area contributed by atoms with Gasteiger partial charge < -0.3 is 5.32 Å². The maximum absolute atomic E-state index is 13.4. The third-order valence-electron chi connectivity index (χ3n) is 6.92. The Kier molecular flexibility index (Phi) is 4.81. The standard InChI is InChI=1S/C24H30N2O/c1-17-8-7-9-18(2)21(17)23(27)25-22(20-10-5-4-6-11-20)24-14-12-19(13-15-24)16-26(24)3/h4-11,19,22H,12-16H2,1-3H3,(H,25,27)/t19?,22-,24?/m1/s1. The van der Waals surface area contributed by atoms with E-state index in [1.165, 1.54) is 18.4 Å². The normalized spacial score (nSPS) is 26.0. The summed E-state index contributed by atoms with van der Waals surface area (Å²) in [6.07, 6.45) is 4.85. The molecule has 0 unspecified atom stereocenters. The topological polar surface area (TPSA) is 32.3 Å². The highest BCUT2D eigenvalue weighted by Gasteiger charge is 2.50. The van der Waals surface area contributed by atoms with Crippen LogP contribution in [-0.2, 0) is 0 Å². The summed E-state index contributed by atoms with van der Waals surface area (Å²) >= 11 is 0. The maximum Gasteiger partial charge on any atom is 0.252 e. The molecule has 2 saturated heterocycles. The van der Waals surface area contributed by atoms with Crippen LogP contribution >= 0.6 is 0 Å². The number of hydrogen-bond donors (Lipinski definition) is 1. The summed E-state index contributed by atoms with van der Waals surface area (Å²) in [5, 5.41) is 3.47. The number of amides is 1. The van der Waals surface area contributed by atoms with E-state index in [-0.39, 0.29) is 17.5 Å². The van der Waals surface area contributed by atoms with E-state index in [1.54, 1.807) is 0 Å². The van der Waals surface area contributed by atoms with E-state index in [2.05, 4.69) is 41.5 Å². The molecule has 1 atom stereocenters. The van der Waals surface area contributed by atoms with Gasteiger partial charge >= 0.3 is 0 Å². The van der Waals surface area contributed by atoms with Gasteiger partial charge in [0.05, 0.1) is 6.04 Å². The molecule has 2 aromatic rings. The lowest BCUT2D eigenvalue weighted by molar-refractivity contribution is -0.0404. The Morgan fingerprint density at radius 2 is 1.67 bits per heavy atom. The van der Waals surface area contributed by atoms with Crippen LogP contribution in [0.2, 0.25) is 0 Å². The van der Waals surface area contributed by atoms with E-state index in [4.69, 9.17) is 0 Å². The second-order valence-corrected chi connectivity index (χ2v) is 8.51. The minimum Gasteiger partial charge on any atom is -0.343 e. The van der Waals surface area contributed by atoms with Crippen molar-refractivity contribution >= 4 is 5.91 Å². The minimum absolute atomic E-state index is 0.0106. The van der Waals surface area contributed by atoms with E-state index >= 15 is 0 Å². The van der Waals surface area contributed by atoms with E-state index in [0.717, 1.165) is 42.0 Å². The molecule has 142 valence electrons. The Bertz CT molecular complexity index is 801. The monoisotopic (exact) mass is 362 g/mol. The fraction of sp³-hybridized carbons (Fsp3) is 0.458. The minimum atomic E-state index is 0.0106. The molecule has 3 fully saturated rings. The van der Waals surface area contributed by atoms with Crippen molar-refractivity contribution in [2.75, 3.05) is 13.6 Å². The number of likely N-dealkylation sites (N-methyl/N-ethyl adjacent to an activating group) is 1. The summed E-state index contributed by atoms with van der Waals surface area (Å²) in [6, 6.07) is 16.6. The van der Waals surface area contributed by atoms with Crippen molar-refractivity contribution in [2.24, 2.45) is 5.92 Å². The van der Waals surface area contributed by atoms with Crippen LogP contribution in [0.15, 0.2) is 48.5 Å². The first kappa shape index (κ1) is 18.2. The Labute approximate surface area is 162 Å². The van der Waals surface area contributed by atoms with Crippen molar-refractivity contribution in [2.45, 2.75) is 51.1 Å². The second kappa shape index (κ2) is 7.12. The van der Waals surface area contributed by atoms with Crippen LogP contribution < -0.4 is 5.32 Å². The number of rotatable bonds is 4. The molecule has 2 aromatic carbocycles. The van der Waals surface area contributed by atoms with Gasteiger partial charge in [0.1, 0.15) is 0 Å². The average molecular weight is 363 g/mol. The van der Waals surface area contributed by atoms with Crippen molar-refractivity contribution in [3.8, 4) is 0 Å². The Morgan fingerprint density at radius 1 is 1.04 bits per heavy atom. The molecule has 3 heteroatoms. The zero-order valence-corrected chi connectivity index (χ0v) is 16.7. The highest BCUT2D eigenvalue weighted by atomic mass is 16.1. The molecule has 3 nitrogen and oxygen atoms in total. The van der Waals surface area contributed by atoms with E-state index in [1.807, 2.05) is 38.1 Å². The number of nitrogens with zero attached hydrogens (tertiary/aromatic N) is 1. The molecule has 1 saturated carbocycles. The quantitative estimate of drug-likeness (QED) is 0.859. The zero-order chi connectivity index (χ0) is 19.0. The number of hydrogen-bond acceptors (Lipinski definition) is 2. The third kappa shape index (κ3) is 3.19. The van der Waals surface area contributed by atoms with Crippen molar-refractivity contribution in [1.82, 2.24) is 10.2 Å². The van der Waals surface area contributed by atoms with Gasteiger partial charge in [-0.3, -0.25) is 9.69 Å². The lowest BCUT2D eigenvalue weighted by Gasteiger charge is -2.57. The molecule has 2 bridgehead atoms. The average Bonchev–Trinajstić information content (AvgIpc) is 2.67. The third-order valence-corrected chi connectivity index (χ3v) is 6.92. The highest BCUT2D eigenvalue weighted by molar-refractivity contribution is 5.97. The number of carbonyl (C=O) groups is 1. The maximum atomic E-state index is 13.4. The SMILES string of the molecule is Cc1cccc(C)c1C(=O)N[C@H](c1ccccc1)C12CCC(CC1)CN2C. The summed E-state index contributed by atoms with van der Waals surface area (Å²) in [7, 11) is 2.24. The van der Waals surface area contributed by atoms with Crippen LogP contribution in [0.5, 0.6) is 0 Å². The number of nitrogens with one attached hydrogen (secondary N) is 1. The first-order valence-corrected chi connectivity index (χ1v) is 10.1. The van der Waals surface area contributed by atoms with Crippen molar-refractivity contribution < 1.29 is 4.79 Å². The van der Waals surface area contributed by atoms with Gasteiger partial charge in [0.25, 0.3) is 5.91 Å². The van der Waals surface area contributed by atoms with Crippen molar-refractivity contribution in [3.63, 3.8) is 0 Å². The molecule has 2 aliphatic heterocycles. The van der Waals surface area contributed by atoms with Crippen LogP contribution in [-0.4, -0.2) is 29.9 Å². The number of piperidine rings is 2. The molecule has 0 spiro atoms. The fourth-order valence-electron chi connectivity index (χ4n) is 5.37. The van der Waals surface area contributed by atoms with Gasteiger partial charge in [-0.15, -0.1) is 0 Å². The van der Waals surface area contributed by atoms with Crippen LogP contribution in [0, 0.1) is 19.8 Å². The molecule has 1 aliphatic carbocycles. The van der Waals surface area contributed by atoms with E-state index in [9.17, 15) is 4.79 Å². The lowest BCUT2D eigenvalue weighted by Crippen LogP contribution is -2.62. The van der Waals surface area contributed by atoms with Gasteiger partial charge in [-0.2, -0.15) is 0 Å². The second-order valence-electron chi connectivity index (χ2n) is 8.51. The molecule has 0 aromatic heterocycles. The van der Waals surface area contributed by atoms with Crippen LogP contribution in [0.1, 0.15) is 58.8 Å². The first-order chi connectivity index (χ1) is 13.0. The summed E-state index contributed by atoms with van der Waals surface area (Å²) in [5.41, 5.74) is 4.13. The summed E-state index contributed by atoms with van der Waals surface area (Å²) in [6.45, 7) is 5.19. The van der Waals surface area contributed by atoms with E-state index in [0.29, 0.717) is 0 Å². The Hall–Kier alpha value is -2.13. The molecular formula is C24H30N2O. The van der Waals surface area contributed by atoms with Gasteiger partial charge in [-0.25, -0.2) is 0 Å². The summed E-state index contributed by atoms with van der Waals surface area (Å²) < 4.78 is 0. The molecule has 2 heterocycles. The molecule has 0 radical (unpaired) electrons. The number of aryl methyl sites for hydroxylation is 2. The summed E-state index contributed by atoms with van der Waals surface area (Å²) in [5.74, 6) is 0.873. The van der Waals surface area contributed by atoms with Crippen LogP contribution in [0.3, 0.4) is 0 Å². The largest absolute Gasteiger partial charge is 0.343 e. The molecule has 3 aliphatic rings. The van der Waals surface area contributed by atoms with Gasteiger partial charge in [0.2, 0.25) is 0 Å². The Morgan fingerprint density at radius 3 is 2.26 bits per heavy atom. The predicted molar refractivity (Wildman–Crippen MR) is 110 cm³/mol. The highest BCUT2D eigenvalue weighted by Crippen LogP contribution is 2.49. The molecule has 27 heavy (non-hydrogen) atoms. The molecule has 1 N–H and O–H groups in total. The molecule has 1 amide bonds. The predicted octanol–water partition coefficient (Wildman–Crippen LogP) is 4.65. The number of fused-ring (bicyclic) bond motifs is 3. The van der Waals surface area contributed by atoms with Crippen LogP contribution in [0.25, 0.3) is 0 Å². The first-order valence-electron chi connectivity index (χ1n) is 10.1. The molecule has 5 rings (SSSR count).